The second-order valence-electron chi connectivity index (χ2n) is 7.46. The van der Waals surface area contributed by atoms with Crippen molar-refractivity contribution >= 4 is 17.8 Å². The van der Waals surface area contributed by atoms with E-state index in [4.69, 9.17) is 0 Å². The topological polar surface area (TPSA) is 85.8 Å². The van der Waals surface area contributed by atoms with Crippen LogP contribution >= 0.6 is 0 Å². The van der Waals surface area contributed by atoms with Crippen LogP contribution in [0.3, 0.4) is 0 Å². The fourth-order valence-corrected chi connectivity index (χ4v) is 3.00. The van der Waals surface area contributed by atoms with Gasteiger partial charge in [0.25, 0.3) is 11.8 Å². The number of carbonyl (C=O) groups is 2. The summed E-state index contributed by atoms with van der Waals surface area (Å²) in [5.41, 5.74) is 3.47. The number of amides is 2. The molecule has 31 heavy (non-hydrogen) atoms. The largest absolute Gasteiger partial charge is 0.357 e. The zero-order valence-corrected chi connectivity index (χ0v) is 18.9. The Kier molecular flexibility index (Phi) is 9.55. The lowest BCUT2D eigenvalue weighted by atomic mass is 10.1. The van der Waals surface area contributed by atoms with Gasteiger partial charge in [0.15, 0.2) is 5.96 Å². The zero-order valence-electron chi connectivity index (χ0n) is 18.9. The lowest BCUT2D eigenvalue weighted by Crippen LogP contribution is -2.41. The van der Waals surface area contributed by atoms with Gasteiger partial charge in [-0.15, -0.1) is 0 Å². The summed E-state index contributed by atoms with van der Waals surface area (Å²) >= 11 is 0. The van der Waals surface area contributed by atoms with Gasteiger partial charge >= 0.3 is 0 Å². The molecule has 0 saturated heterocycles. The van der Waals surface area contributed by atoms with Gasteiger partial charge in [-0.1, -0.05) is 29.8 Å². The van der Waals surface area contributed by atoms with Crippen molar-refractivity contribution in [3.8, 4) is 0 Å². The number of guanidine groups is 1. The van der Waals surface area contributed by atoms with Crippen molar-refractivity contribution in [3.05, 3.63) is 70.8 Å². The fourth-order valence-electron chi connectivity index (χ4n) is 3.00. The maximum absolute atomic E-state index is 12.2. The van der Waals surface area contributed by atoms with Crippen LogP contribution in [0.25, 0.3) is 0 Å². The molecule has 0 aliphatic heterocycles. The molecule has 0 heterocycles. The van der Waals surface area contributed by atoms with E-state index in [0.717, 1.165) is 24.1 Å². The maximum Gasteiger partial charge on any atom is 0.253 e. The van der Waals surface area contributed by atoms with Crippen molar-refractivity contribution in [1.29, 1.82) is 0 Å². The number of nitrogens with one attached hydrogen (secondary N) is 3. The predicted molar refractivity (Wildman–Crippen MR) is 126 cm³/mol. The summed E-state index contributed by atoms with van der Waals surface area (Å²) in [5.74, 6) is 0.612. The second kappa shape index (κ2) is 12.4. The minimum absolute atomic E-state index is 0.00642. The van der Waals surface area contributed by atoms with Crippen LogP contribution in [0.15, 0.2) is 53.5 Å². The van der Waals surface area contributed by atoms with Crippen molar-refractivity contribution in [1.82, 2.24) is 20.9 Å². The third-order valence-corrected chi connectivity index (χ3v) is 4.58. The highest BCUT2D eigenvalue weighted by molar-refractivity contribution is 5.94. The number of hydrogen-bond acceptors (Lipinski definition) is 3. The molecule has 2 aromatic rings. The molecule has 2 rings (SSSR count). The Balaban J connectivity index is 1.82. The number of carbonyl (C=O) groups excluding carboxylic acids is 2. The summed E-state index contributed by atoms with van der Waals surface area (Å²) in [6.45, 7) is 6.36. The van der Waals surface area contributed by atoms with Crippen LogP contribution in [0.4, 0.5) is 0 Å². The Morgan fingerprint density at radius 2 is 1.65 bits per heavy atom. The van der Waals surface area contributed by atoms with Crippen LogP contribution in [0.1, 0.15) is 38.8 Å². The van der Waals surface area contributed by atoms with Crippen LogP contribution in [0.2, 0.25) is 0 Å². The maximum atomic E-state index is 12.2. The van der Waals surface area contributed by atoms with Gasteiger partial charge in [-0.05, 0) is 50.1 Å². The summed E-state index contributed by atoms with van der Waals surface area (Å²) in [5, 5.41) is 9.35. The normalized spacial score (nSPS) is 11.0. The molecule has 0 aliphatic rings. The third kappa shape index (κ3) is 8.12. The first kappa shape index (κ1) is 23.9. The quantitative estimate of drug-likeness (QED) is 0.328. The molecule has 0 saturated carbocycles. The van der Waals surface area contributed by atoms with Gasteiger partial charge < -0.3 is 20.9 Å². The summed E-state index contributed by atoms with van der Waals surface area (Å²) in [7, 11) is 3.49. The average molecular weight is 424 g/mol. The van der Waals surface area contributed by atoms with Gasteiger partial charge in [-0.25, -0.2) is 0 Å². The molecule has 0 aliphatic carbocycles. The fraction of sp³-hybridized carbons (Fsp3) is 0.375. The van der Waals surface area contributed by atoms with Crippen molar-refractivity contribution in [2.75, 3.05) is 40.3 Å². The minimum atomic E-state index is -0.0837. The van der Waals surface area contributed by atoms with Crippen molar-refractivity contribution in [3.63, 3.8) is 0 Å². The number of rotatable bonds is 9. The number of aryl methyl sites for hydroxylation is 1. The number of nitrogens with zero attached hydrogens (tertiary/aromatic N) is 2. The number of hydrogen-bond donors (Lipinski definition) is 3. The molecule has 3 N–H and O–H groups in total. The van der Waals surface area contributed by atoms with E-state index in [2.05, 4.69) is 20.9 Å². The van der Waals surface area contributed by atoms with Crippen LogP contribution in [0, 0.1) is 6.92 Å². The molecule has 0 unspecified atom stereocenters. The molecule has 0 fully saturated rings. The summed E-state index contributed by atoms with van der Waals surface area (Å²) in [6, 6.07) is 15.2. The Labute approximate surface area is 184 Å². The number of aliphatic imine (C=N–C) groups is 1. The first-order valence-electron chi connectivity index (χ1n) is 10.6. The molecule has 0 aromatic heterocycles. The van der Waals surface area contributed by atoms with Crippen molar-refractivity contribution < 1.29 is 9.59 Å². The molecule has 0 radical (unpaired) electrons. The molecule has 7 nitrogen and oxygen atoms in total. The standard InChI is InChI=1S/C24H33N5O2/c1-5-25-24(28-15-14-26-22(30)20-10-6-8-18(2)16-20)27-13-12-19-9-7-11-21(17-19)23(31)29(3)4/h6-11,16-17H,5,12-15H2,1-4H3,(H,26,30)(H2,25,27,28). The summed E-state index contributed by atoms with van der Waals surface area (Å²) < 4.78 is 0. The molecule has 0 spiro atoms. The molecule has 166 valence electrons. The van der Waals surface area contributed by atoms with Crippen LogP contribution < -0.4 is 16.0 Å². The van der Waals surface area contributed by atoms with E-state index in [0.29, 0.717) is 36.7 Å². The van der Waals surface area contributed by atoms with E-state index in [1.54, 1.807) is 19.0 Å². The molecule has 0 atom stereocenters. The molecule has 2 aromatic carbocycles. The lowest BCUT2D eigenvalue weighted by molar-refractivity contribution is 0.0827. The average Bonchev–Trinajstić information content (AvgIpc) is 2.76. The predicted octanol–water partition coefficient (Wildman–Crippen LogP) is 2.22. The molecular formula is C24H33N5O2. The van der Waals surface area contributed by atoms with Crippen LogP contribution in [-0.2, 0) is 6.42 Å². The molecule has 7 heteroatoms. The van der Waals surface area contributed by atoms with E-state index < -0.39 is 0 Å². The monoisotopic (exact) mass is 423 g/mol. The smallest absolute Gasteiger partial charge is 0.253 e. The lowest BCUT2D eigenvalue weighted by Gasteiger charge is -2.12. The van der Waals surface area contributed by atoms with E-state index >= 15 is 0 Å². The highest BCUT2D eigenvalue weighted by Gasteiger charge is 2.08. The van der Waals surface area contributed by atoms with Crippen LogP contribution in [-0.4, -0.2) is 62.9 Å². The van der Waals surface area contributed by atoms with Crippen molar-refractivity contribution in [2.24, 2.45) is 4.99 Å². The molecular weight excluding hydrogens is 390 g/mol. The Hall–Kier alpha value is -3.35. The number of benzene rings is 2. The van der Waals surface area contributed by atoms with Gasteiger partial charge in [0.1, 0.15) is 0 Å². The van der Waals surface area contributed by atoms with E-state index in [-0.39, 0.29) is 11.8 Å². The summed E-state index contributed by atoms with van der Waals surface area (Å²) in [6.07, 6.45) is 0.731. The highest BCUT2D eigenvalue weighted by atomic mass is 16.2. The van der Waals surface area contributed by atoms with Gasteiger partial charge in [0, 0.05) is 51.4 Å². The summed E-state index contributed by atoms with van der Waals surface area (Å²) in [4.78, 5) is 30.5. The minimum Gasteiger partial charge on any atom is -0.357 e. The molecule has 2 amide bonds. The Morgan fingerprint density at radius 1 is 0.935 bits per heavy atom. The van der Waals surface area contributed by atoms with E-state index in [1.165, 1.54) is 0 Å². The zero-order chi connectivity index (χ0) is 22.6. The Morgan fingerprint density at radius 3 is 2.35 bits per heavy atom. The van der Waals surface area contributed by atoms with E-state index in [9.17, 15) is 9.59 Å². The van der Waals surface area contributed by atoms with E-state index in [1.807, 2.05) is 62.4 Å². The van der Waals surface area contributed by atoms with Gasteiger partial charge in [-0.3, -0.25) is 14.6 Å². The second-order valence-corrected chi connectivity index (χ2v) is 7.46. The van der Waals surface area contributed by atoms with Crippen LogP contribution in [0.5, 0.6) is 0 Å². The molecule has 0 bridgehead atoms. The highest BCUT2D eigenvalue weighted by Crippen LogP contribution is 2.08. The van der Waals surface area contributed by atoms with Gasteiger partial charge in [0.2, 0.25) is 0 Å². The third-order valence-electron chi connectivity index (χ3n) is 4.58. The Bertz CT molecular complexity index is 908. The van der Waals surface area contributed by atoms with Gasteiger partial charge in [-0.2, -0.15) is 0 Å². The SMILES string of the molecule is CCNC(=NCCc1cccc(C(=O)N(C)C)c1)NCCNC(=O)c1cccc(C)c1. The first-order valence-corrected chi connectivity index (χ1v) is 10.6. The first-order chi connectivity index (χ1) is 14.9. The van der Waals surface area contributed by atoms with Gasteiger partial charge in [0.05, 0.1) is 0 Å². The van der Waals surface area contributed by atoms with Crippen molar-refractivity contribution in [2.45, 2.75) is 20.3 Å².